The van der Waals surface area contributed by atoms with E-state index in [2.05, 4.69) is 0 Å². The van der Waals surface area contributed by atoms with E-state index in [9.17, 15) is 9.59 Å². The highest BCUT2D eigenvalue weighted by Crippen LogP contribution is 2.27. The molecule has 1 heterocycles. The van der Waals surface area contributed by atoms with Crippen LogP contribution in [0.1, 0.15) is 19.8 Å². The van der Waals surface area contributed by atoms with Gasteiger partial charge in [-0.1, -0.05) is 0 Å². The van der Waals surface area contributed by atoms with Gasteiger partial charge in [-0.15, -0.1) is 0 Å². The first-order chi connectivity index (χ1) is 12.1. The summed E-state index contributed by atoms with van der Waals surface area (Å²) in [6.45, 7) is 3.18. The fourth-order valence-corrected chi connectivity index (χ4v) is 2.73. The molecule has 1 saturated heterocycles. The molecule has 138 valence electrons. The maximum Gasteiger partial charge on any atom is 0.309 e. The monoisotopic (exact) mass is 351 g/mol. The van der Waals surface area contributed by atoms with Crippen LogP contribution in [0.15, 0.2) is 18.2 Å². The lowest BCUT2D eigenvalue weighted by molar-refractivity contribution is -0.151. The second-order valence-electron chi connectivity index (χ2n) is 5.74. The van der Waals surface area contributed by atoms with Gasteiger partial charge in [0.15, 0.2) is 6.61 Å². The Hall–Kier alpha value is -2.44. The molecule has 0 atom stereocenters. The minimum atomic E-state index is -0.172. The smallest absolute Gasteiger partial charge is 0.309 e. The number of nitrogens with zero attached hydrogens (tertiary/aromatic N) is 1. The van der Waals surface area contributed by atoms with Crippen molar-refractivity contribution < 1.29 is 28.5 Å². The number of hydrogen-bond donors (Lipinski definition) is 0. The van der Waals surface area contributed by atoms with Crippen LogP contribution in [-0.4, -0.2) is 57.3 Å². The highest BCUT2D eigenvalue weighted by Gasteiger charge is 2.28. The van der Waals surface area contributed by atoms with Gasteiger partial charge >= 0.3 is 5.97 Å². The topological polar surface area (TPSA) is 74.3 Å². The summed E-state index contributed by atoms with van der Waals surface area (Å²) in [6.07, 6.45) is 1.25. The van der Waals surface area contributed by atoms with Gasteiger partial charge < -0.3 is 23.8 Å². The second kappa shape index (κ2) is 9.15. The van der Waals surface area contributed by atoms with Crippen LogP contribution >= 0.6 is 0 Å². The maximum atomic E-state index is 12.3. The third-order valence-corrected chi connectivity index (χ3v) is 4.15. The van der Waals surface area contributed by atoms with Crippen LogP contribution in [0.5, 0.6) is 17.2 Å². The van der Waals surface area contributed by atoms with Crippen LogP contribution in [0.2, 0.25) is 0 Å². The van der Waals surface area contributed by atoms with Gasteiger partial charge in [-0.25, -0.2) is 0 Å². The minimum absolute atomic E-state index is 0.0691. The SMILES string of the molecule is CCOC(=O)C1CCN(C(=O)COc2cc(OC)cc(OC)c2)CC1. The first-order valence-electron chi connectivity index (χ1n) is 8.37. The van der Waals surface area contributed by atoms with Gasteiger partial charge in [0, 0.05) is 31.3 Å². The summed E-state index contributed by atoms with van der Waals surface area (Å²) in [5, 5.41) is 0. The van der Waals surface area contributed by atoms with Crippen LogP contribution < -0.4 is 14.2 Å². The number of rotatable bonds is 7. The lowest BCUT2D eigenvalue weighted by Crippen LogP contribution is -2.42. The predicted molar refractivity (Wildman–Crippen MR) is 91.0 cm³/mol. The Kier molecular flexibility index (Phi) is 6.91. The second-order valence-corrected chi connectivity index (χ2v) is 5.74. The molecule has 7 heteroatoms. The van der Waals surface area contributed by atoms with Gasteiger partial charge in [0.25, 0.3) is 5.91 Å². The zero-order valence-corrected chi connectivity index (χ0v) is 14.9. The zero-order valence-electron chi connectivity index (χ0n) is 14.9. The number of hydrogen-bond acceptors (Lipinski definition) is 6. The fraction of sp³-hybridized carbons (Fsp3) is 0.556. The Balaban J connectivity index is 1.84. The maximum absolute atomic E-state index is 12.3. The number of amides is 1. The van der Waals surface area contributed by atoms with Crippen LogP contribution in [-0.2, 0) is 14.3 Å². The van der Waals surface area contributed by atoms with E-state index in [-0.39, 0.29) is 24.4 Å². The van der Waals surface area contributed by atoms with E-state index in [1.165, 1.54) is 0 Å². The number of carbonyl (C=O) groups is 2. The van der Waals surface area contributed by atoms with Crippen LogP contribution in [0, 0.1) is 5.92 Å². The number of piperidine rings is 1. The lowest BCUT2D eigenvalue weighted by Gasteiger charge is -2.30. The third-order valence-electron chi connectivity index (χ3n) is 4.15. The highest BCUT2D eigenvalue weighted by atomic mass is 16.5. The van der Waals surface area contributed by atoms with E-state index in [0.29, 0.717) is 49.8 Å². The molecule has 1 aliphatic rings. The van der Waals surface area contributed by atoms with Crippen molar-refractivity contribution in [1.29, 1.82) is 0 Å². The van der Waals surface area contributed by atoms with Crippen molar-refractivity contribution in [2.75, 3.05) is 40.5 Å². The van der Waals surface area contributed by atoms with E-state index in [1.807, 2.05) is 0 Å². The predicted octanol–water partition coefficient (Wildman–Crippen LogP) is 1.88. The molecule has 0 spiro atoms. The van der Waals surface area contributed by atoms with E-state index >= 15 is 0 Å². The number of benzene rings is 1. The molecule has 2 rings (SSSR count). The molecule has 0 unspecified atom stereocenters. The molecular weight excluding hydrogens is 326 g/mol. The summed E-state index contributed by atoms with van der Waals surface area (Å²) in [5.41, 5.74) is 0. The van der Waals surface area contributed by atoms with E-state index in [4.69, 9.17) is 18.9 Å². The van der Waals surface area contributed by atoms with Crippen molar-refractivity contribution >= 4 is 11.9 Å². The van der Waals surface area contributed by atoms with Crippen molar-refractivity contribution in [2.24, 2.45) is 5.92 Å². The van der Waals surface area contributed by atoms with Crippen molar-refractivity contribution in [3.63, 3.8) is 0 Å². The highest BCUT2D eigenvalue weighted by molar-refractivity contribution is 5.78. The number of methoxy groups -OCH3 is 2. The molecule has 1 fully saturated rings. The first kappa shape index (κ1) is 18.9. The van der Waals surface area contributed by atoms with Gasteiger partial charge in [0.05, 0.1) is 26.7 Å². The van der Waals surface area contributed by atoms with Crippen molar-refractivity contribution in [3.05, 3.63) is 18.2 Å². The van der Waals surface area contributed by atoms with Crippen molar-refractivity contribution in [2.45, 2.75) is 19.8 Å². The largest absolute Gasteiger partial charge is 0.496 e. The van der Waals surface area contributed by atoms with Gasteiger partial charge in [-0.05, 0) is 19.8 Å². The van der Waals surface area contributed by atoms with E-state index in [1.54, 1.807) is 44.2 Å². The molecular formula is C18H25NO6. The molecule has 1 aromatic carbocycles. The number of ether oxygens (including phenoxy) is 4. The van der Waals surface area contributed by atoms with Crippen LogP contribution in [0.25, 0.3) is 0 Å². The van der Waals surface area contributed by atoms with Gasteiger partial charge in [-0.3, -0.25) is 9.59 Å². The summed E-state index contributed by atoms with van der Waals surface area (Å²) < 4.78 is 21.0. The quantitative estimate of drug-likeness (QED) is 0.699. The molecule has 0 saturated carbocycles. The molecule has 25 heavy (non-hydrogen) atoms. The molecule has 7 nitrogen and oxygen atoms in total. The minimum Gasteiger partial charge on any atom is -0.496 e. The van der Waals surface area contributed by atoms with Gasteiger partial charge in [0.2, 0.25) is 0 Å². The van der Waals surface area contributed by atoms with Gasteiger partial charge in [0.1, 0.15) is 17.2 Å². The normalized spacial score (nSPS) is 14.8. The van der Waals surface area contributed by atoms with E-state index in [0.717, 1.165) is 0 Å². The van der Waals surface area contributed by atoms with Crippen LogP contribution in [0.4, 0.5) is 0 Å². The molecule has 1 aliphatic heterocycles. The average Bonchev–Trinajstić information content (AvgIpc) is 2.66. The van der Waals surface area contributed by atoms with E-state index < -0.39 is 0 Å². The molecule has 0 N–H and O–H groups in total. The van der Waals surface area contributed by atoms with Crippen molar-refractivity contribution in [1.82, 2.24) is 4.90 Å². The Morgan fingerprint density at radius 3 is 2.12 bits per heavy atom. The molecule has 0 aliphatic carbocycles. The summed E-state index contributed by atoms with van der Waals surface area (Å²) in [4.78, 5) is 25.8. The molecule has 0 radical (unpaired) electrons. The summed E-state index contributed by atoms with van der Waals surface area (Å²) in [7, 11) is 3.11. The third kappa shape index (κ3) is 5.27. The summed E-state index contributed by atoms with van der Waals surface area (Å²) in [6, 6.07) is 5.13. The van der Waals surface area contributed by atoms with Crippen LogP contribution in [0.3, 0.4) is 0 Å². The Morgan fingerprint density at radius 2 is 1.60 bits per heavy atom. The number of carbonyl (C=O) groups excluding carboxylic acids is 2. The first-order valence-corrected chi connectivity index (χ1v) is 8.37. The zero-order chi connectivity index (χ0) is 18.2. The standard InChI is InChI=1S/C18H25NO6/c1-4-24-18(21)13-5-7-19(8-6-13)17(20)12-25-16-10-14(22-2)9-15(11-16)23-3/h9-11,13H,4-8,12H2,1-3H3. The number of likely N-dealkylation sites (tertiary alicyclic amines) is 1. The Bertz CT molecular complexity index is 573. The molecule has 1 amide bonds. The van der Waals surface area contributed by atoms with Gasteiger partial charge in [-0.2, -0.15) is 0 Å². The van der Waals surface area contributed by atoms with Crippen molar-refractivity contribution in [3.8, 4) is 17.2 Å². The average molecular weight is 351 g/mol. The number of esters is 1. The molecule has 0 bridgehead atoms. The fourth-order valence-electron chi connectivity index (χ4n) is 2.73. The summed E-state index contributed by atoms with van der Waals surface area (Å²) in [5.74, 6) is 1.30. The Labute approximate surface area is 147 Å². The Morgan fingerprint density at radius 1 is 1.04 bits per heavy atom. The summed E-state index contributed by atoms with van der Waals surface area (Å²) >= 11 is 0. The molecule has 1 aromatic rings. The molecule has 0 aromatic heterocycles. The lowest BCUT2D eigenvalue weighted by atomic mass is 9.97.